The molecule has 0 saturated heterocycles. The summed E-state index contributed by atoms with van der Waals surface area (Å²) in [4.78, 5) is 0. The van der Waals surface area contributed by atoms with Crippen molar-refractivity contribution in [2.24, 2.45) is 0 Å². The summed E-state index contributed by atoms with van der Waals surface area (Å²) in [6.07, 6.45) is 4.91. The molecule has 0 radical (unpaired) electrons. The lowest BCUT2D eigenvalue weighted by Gasteiger charge is -2.00. The van der Waals surface area contributed by atoms with Gasteiger partial charge in [-0.2, -0.15) is 0 Å². The van der Waals surface area contributed by atoms with Crippen LogP contribution in [0.25, 0.3) is 0 Å². The van der Waals surface area contributed by atoms with E-state index in [9.17, 15) is 0 Å². The second-order valence-corrected chi connectivity index (χ2v) is 3.92. The highest BCUT2D eigenvalue weighted by Gasteiger charge is 1.85. The molecule has 0 atom stereocenters. The van der Waals surface area contributed by atoms with E-state index in [4.69, 9.17) is 18.9 Å². The molecule has 0 fully saturated rings. The van der Waals surface area contributed by atoms with Crippen LogP contribution in [-0.2, 0) is 18.9 Å². The lowest BCUT2D eigenvalue weighted by molar-refractivity contribution is 0.0385. The Morgan fingerprint density at radius 1 is 0.556 bits per heavy atom. The topological polar surface area (TPSA) is 36.9 Å². The molecule has 0 rings (SSSR count). The van der Waals surface area contributed by atoms with Crippen molar-refractivity contribution in [3.05, 3.63) is 0 Å². The third-order valence-electron chi connectivity index (χ3n) is 2.15. The van der Waals surface area contributed by atoms with Crippen molar-refractivity contribution in [3.63, 3.8) is 0 Å². The zero-order chi connectivity index (χ0) is 13.9. The van der Waals surface area contributed by atoms with Crippen LogP contribution in [0.1, 0.15) is 39.5 Å². The molecule has 0 aliphatic rings. The van der Waals surface area contributed by atoms with Crippen molar-refractivity contribution in [2.75, 3.05) is 53.9 Å². The molecular weight excluding hydrogens is 232 g/mol. The summed E-state index contributed by atoms with van der Waals surface area (Å²) in [5.74, 6) is 0. The maximum Gasteiger partial charge on any atom is 0.0701 e. The van der Waals surface area contributed by atoms with E-state index in [1.807, 2.05) is 0 Å². The van der Waals surface area contributed by atoms with Crippen LogP contribution in [0.2, 0.25) is 0 Å². The average molecular weight is 264 g/mol. The molecule has 0 N–H and O–H groups in total. The molecule has 0 aromatic carbocycles. The number of ether oxygens (including phenoxy) is 4. The molecule has 0 heterocycles. The van der Waals surface area contributed by atoms with E-state index < -0.39 is 0 Å². The molecule has 0 unspecified atom stereocenters. The highest BCUT2D eigenvalue weighted by Crippen LogP contribution is 1.91. The van der Waals surface area contributed by atoms with Crippen molar-refractivity contribution in [3.8, 4) is 0 Å². The summed E-state index contributed by atoms with van der Waals surface area (Å²) < 4.78 is 19.9. The van der Waals surface area contributed by atoms with Gasteiger partial charge in [-0.3, -0.25) is 0 Å². The first-order valence-corrected chi connectivity index (χ1v) is 6.96. The van der Waals surface area contributed by atoms with Gasteiger partial charge in [0.2, 0.25) is 0 Å². The molecule has 4 nitrogen and oxygen atoms in total. The van der Waals surface area contributed by atoms with E-state index >= 15 is 0 Å². The summed E-state index contributed by atoms with van der Waals surface area (Å²) in [6.45, 7) is 8.90. The Labute approximate surface area is 113 Å². The normalized spacial score (nSPS) is 10.0. The molecule has 0 bridgehead atoms. The quantitative estimate of drug-likeness (QED) is 0.508. The minimum Gasteiger partial charge on any atom is -0.382 e. The maximum absolute atomic E-state index is 5.31. The van der Waals surface area contributed by atoms with Crippen LogP contribution in [-0.4, -0.2) is 53.9 Å². The SMILES string of the molecule is CCCCOCCCC.COCCOCCOC. The van der Waals surface area contributed by atoms with E-state index in [-0.39, 0.29) is 0 Å². The highest BCUT2D eigenvalue weighted by molar-refractivity contribution is 4.33. The second-order valence-electron chi connectivity index (χ2n) is 3.92. The van der Waals surface area contributed by atoms with Crippen molar-refractivity contribution < 1.29 is 18.9 Å². The highest BCUT2D eigenvalue weighted by atomic mass is 16.5. The van der Waals surface area contributed by atoms with E-state index in [0.29, 0.717) is 26.4 Å². The van der Waals surface area contributed by atoms with E-state index in [1.54, 1.807) is 14.2 Å². The summed E-state index contributed by atoms with van der Waals surface area (Å²) >= 11 is 0. The largest absolute Gasteiger partial charge is 0.382 e. The molecule has 0 spiro atoms. The van der Waals surface area contributed by atoms with Gasteiger partial charge in [-0.15, -0.1) is 0 Å². The monoisotopic (exact) mass is 264 g/mol. The first-order chi connectivity index (χ1) is 8.83. The standard InChI is InChI=1S/C8H18O.C6H14O3/c1-3-5-7-9-8-6-4-2;1-7-3-5-9-6-4-8-2/h3-8H2,1-2H3;3-6H2,1-2H3. The van der Waals surface area contributed by atoms with Crippen LogP contribution < -0.4 is 0 Å². The molecule has 0 amide bonds. The molecule has 0 aliphatic carbocycles. The van der Waals surface area contributed by atoms with Crippen LogP contribution in [0.3, 0.4) is 0 Å². The first-order valence-electron chi connectivity index (χ1n) is 6.96. The van der Waals surface area contributed by atoms with Gasteiger partial charge in [0.25, 0.3) is 0 Å². The van der Waals surface area contributed by atoms with Gasteiger partial charge in [0, 0.05) is 27.4 Å². The number of hydrogen-bond acceptors (Lipinski definition) is 4. The Balaban J connectivity index is 0. The van der Waals surface area contributed by atoms with Gasteiger partial charge in [-0.1, -0.05) is 26.7 Å². The number of unbranched alkanes of at least 4 members (excludes halogenated alkanes) is 2. The van der Waals surface area contributed by atoms with Crippen LogP contribution in [0.4, 0.5) is 0 Å². The Morgan fingerprint density at radius 3 is 1.28 bits per heavy atom. The first kappa shape index (κ1) is 20.2. The van der Waals surface area contributed by atoms with Crippen molar-refractivity contribution in [1.29, 1.82) is 0 Å². The second kappa shape index (κ2) is 22.1. The summed E-state index contributed by atoms with van der Waals surface area (Å²) in [5.41, 5.74) is 0. The van der Waals surface area contributed by atoms with Crippen LogP contribution in [0.15, 0.2) is 0 Å². The van der Waals surface area contributed by atoms with E-state index in [0.717, 1.165) is 13.2 Å². The third kappa shape index (κ3) is 24.9. The smallest absolute Gasteiger partial charge is 0.0701 e. The van der Waals surface area contributed by atoms with Crippen molar-refractivity contribution >= 4 is 0 Å². The predicted molar refractivity (Wildman–Crippen MR) is 75.2 cm³/mol. The molecule has 0 aliphatic heterocycles. The Bertz CT molecular complexity index is 94.4. The summed E-state index contributed by atoms with van der Waals surface area (Å²) in [6, 6.07) is 0. The molecular formula is C14H32O4. The van der Waals surface area contributed by atoms with Gasteiger partial charge >= 0.3 is 0 Å². The van der Waals surface area contributed by atoms with Gasteiger partial charge in [0.1, 0.15) is 0 Å². The minimum atomic E-state index is 0.653. The fourth-order valence-electron chi connectivity index (χ4n) is 0.981. The molecule has 4 heteroatoms. The minimum absolute atomic E-state index is 0.653. The number of rotatable bonds is 12. The van der Waals surface area contributed by atoms with Crippen LogP contribution >= 0.6 is 0 Å². The zero-order valence-corrected chi connectivity index (χ0v) is 12.7. The van der Waals surface area contributed by atoms with Crippen molar-refractivity contribution in [2.45, 2.75) is 39.5 Å². The Kier molecular flexibility index (Phi) is 24.7. The Morgan fingerprint density at radius 2 is 0.944 bits per heavy atom. The van der Waals surface area contributed by atoms with Crippen LogP contribution in [0.5, 0.6) is 0 Å². The predicted octanol–water partition coefficient (Wildman–Crippen LogP) is 2.90. The lowest BCUT2D eigenvalue weighted by atomic mass is 10.3. The molecule has 112 valence electrons. The van der Waals surface area contributed by atoms with Gasteiger partial charge in [0.05, 0.1) is 26.4 Å². The molecule has 0 aromatic heterocycles. The lowest BCUT2D eigenvalue weighted by Crippen LogP contribution is -2.06. The zero-order valence-electron chi connectivity index (χ0n) is 12.7. The van der Waals surface area contributed by atoms with Gasteiger partial charge in [-0.25, -0.2) is 0 Å². The van der Waals surface area contributed by atoms with Gasteiger partial charge in [0.15, 0.2) is 0 Å². The molecule has 18 heavy (non-hydrogen) atoms. The molecule has 0 saturated carbocycles. The third-order valence-corrected chi connectivity index (χ3v) is 2.15. The van der Waals surface area contributed by atoms with Crippen molar-refractivity contribution in [1.82, 2.24) is 0 Å². The fraction of sp³-hybridized carbons (Fsp3) is 1.00. The number of methoxy groups -OCH3 is 2. The van der Waals surface area contributed by atoms with Gasteiger partial charge < -0.3 is 18.9 Å². The average Bonchev–Trinajstić information content (AvgIpc) is 2.39. The van der Waals surface area contributed by atoms with Gasteiger partial charge in [-0.05, 0) is 12.8 Å². The maximum atomic E-state index is 5.31. The van der Waals surface area contributed by atoms with Crippen LogP contribution in [0, 0.1) is 0 Å². The molecule has 0 aromatic rings. The summed E-state index contributed by atoms with van der Waals surface area (Å²) in [7, 11) is 3.30. The Hall–Kier alpha value is -0.160. The number of hydrogen-bond donors (Lipinski definition) is 0. The van der Waals surface area contributed by atoms with E-state index in [2.05, 4.69) is 13.8 Å². The fourth-order valence-corrected chi connectivity index (χ4v) is 0.981. The summed E-state index contributed by atoms with van der Waals surface area (Å²) in [5, 5.41) is 0. The van der Waals surface area contributed by atoms with E-state index in [1.165, 1.54) is 25.7 Å².